The highest BCUT2D eigenvalue weighted by Crippen LogP contribution is 2.49. The lowest BCUT2D eigenvalue weighted by Crippen LogP contribution is -2.00. The van der Waals surface area contributed by atoms with Crippen LogP contribution in [0, 0.1) is 0 Å². The van der Waals surface area contributed by atoms with Crippen LogP contribution >= 0.6 is 11.3 Å². The molecule has 3 heterocycles. The zero-order chi connectivity index (χ0) is 33.9. The lowest BCUT2D eigenvalue weighted by Gasteiger charge is -2.16. The highest BCUT2D eigenvalue weighted by molar-refractivity contribution is 7.27. The molecule has 8 aromatic carbocycles. The van der Waals surface area contributed by atoms with Gasteiger partial charge in [-0.3, -0.25) is 0 Å². The lowest BCUT2D eigenvalue weighted by atomic mass is 9.89. The van der Waals surface area contributed by atoms with Crippen LogP contribution in [0.5, 0.6) is 0 Å². The molecule has 0 aliphatic heterocycles. The molecule has 12 rings (SSSR count). The molecule has 0 saturated heterocycles. The van der Waals surface area contributed by atoms with E-state index in [1.807, 2.05) is 11.3 Å². The number of thiophene rings is 1. The van der Waals surface area contributed by atoms with Crippen LogP contribution < -0.4 is 0 Å². The molecule has 0 unspecified atom stereocenters. The molecule has 0 saturated carbocycles. The van der Waals surface area contributed by atoms with Crippen molar-refractivity contribution in [3.05, 3.63) is 193 Å². The van der Waals surface area contributed by atoms with E-state index < -0.39 is 0 Å². The minimum Gasteiger partial charge on any atom is -0.309 e. The van der Waals surface area contributed by atoms with Gasteiger partial charge in [0.05, 0.1) is 22.1 Å². The number of hydrogen-bond donors (Lipinski definition) is 0. The third kappa shape index (κ3) is 3.73. The van der Waals surface area contributed by atoms with Crippen LogP contribution in [0.15, 0.2) is 176 Å². The van der Waals surface area contributed by atoms with E-state index in [0.717, 1.165) is 0 Å². The summed E-state index contributed by atoms with van der Waals surface area (Å²) in [7, 11) is 0. The normalized spacial score (nSPS) is 12.9. The highest BCUT2D eigenvalue weighted by atomic mass is 32.1. The van der Waals surface area contributed by atoms with Gasteiger partial charge >= 0.3 is 0 Å². The van der Waals surface area contributed by atoms with Crippen molar-refractivity contribution in [2.45, 2.75) is 5.92 Å². The molecule has 1 aliphatic carbocycles. The van der Waals surface area contributed by atoms with E-state index in [9.17, 15) is 0 Å². The average molecular weight is 679 g/mol. The molecular weight excluding hydrogens is 649 g/mol. The van der Waals surface area contributed by atoms with Gasteiger partial charge in [0, 0.05) is 59.0 Å². The number of hydrogen-bond acceptors (Lipinski definition) is 1. The fourth-order valence-corrected chi connectivity index (χ4v) is 10.5. The van der Waals surface area contributed by atoms with Crippen LogP contribution in [0.1, 0.15) is 22.6 Å². The predicted molar refractivity (Wildman–Crippen MR) is 221 cm³/mol. The smallest absolute Gasteiger partial charge is 0.0634 e. The van der Waals surface area contributed by atoms with Crippen molar-refractivity contribution in [2.24, 2.45) is 0 Å². The lowest BCUT2D eigenvalue weighted by molar-refractivity contribution is 1.01. The summed E-state index contributed by atoms with van der Waals surface area (Å²) >= 11 is 1.92. The standard InChI is InChI=1S/C49H30N2S/c1-2-12-31(13-3-1)50-42-21-11-9-19-39(42)46-43(50)28-26-40-47-44(52-49(40)46)29-27-38-35-16-8-10-20-41(35)51(48(38)47)32-24-22-30(23-25-32)45-36-17-6-4-14-33(36)34-15-5-7-18-37(34)45/h1-29,45H. The molecule has 0 radical (unpaired) electrons. The Morgan fingerprint density at radius 1 is 0.385 bits per heavy atom. The zero-order valence-electron chi connectivity index (χ0n) is 28.1. The SMILES string of the molecule is c1ccc(-n2c3ccccc3c3c4sc5ccc6c7ccccc7n(-c7ccc(C8c9ccccc9-c9ccccc98)cc7)c6c5c4ccc32)cc1. The number of nitrogens with zero attached hydrogens (tertiary/aromatic N) is 2. The Balaban J connectivity index is 1.12. The molecule has 0 spiro atoms. The fourth-order valence-electron chi connectivity index (χ4n) is 9.28. The first-order valence-corrected chi connectivity index (χ1v) is 18.8. The molecule has 242 valence electrons. The van der Waals surface area contributed by atoms with E-state index in [0.29, 0.717) is 0 Å². The van der Waals surface area contributed by atoms with E-state index in [1.165, 1.54) is 103 Å². The van der Waals surface area contributed by atoms with Gasteiger partial charge in [-0.25, -0.2) is 0 Å². The van der Waals surface area contributed by atoms with Crippen molar-refractivity contribution < 1.29 is 0 Å². The maximum absolute atomic E-state index is 2.51. The summed E-state index contributed by atoms with van der Waals surface area (Å²) < 4.78 is 7.59. The zero-order valence-corrected chi connectivity index (χ0v) is 28.9. The minimum atomic E-state index is 0.229. The van der Waals surface area contributed by atoms with Crippen LogP contribution in [0.3, 0.4) is 0 Å². The quantitative estimate of drug-likeness (QED) is 0.176. The number of benzene rings is 8. The Kier molecular flexibility index (Phi) is 5.74. The Hall–Kier alpha value is -6.42. The second-order valence-corrected chi connectivity index (χ2v) is 15.1. The topological polar surface area (TPSA) is 9.86 Å². The third-order valence-corrected chi connectivity index (χ3v) is 12.6. The molecule has 3 aromatic heterocycles. The van der Waals surface area contributed by atoms with Gasteiger partial charge in [-0.1, -0.05) is 127 Å². The van der Waals surface area contributed by atoms with Gasteiger partial charge in [0.15, 0.2) is 0 Å². The van der Waals surface area contributed by atoms with Crippen LogP contribution in [0.4, 0.5) is 0 Å². The summed E-state index contributed by atoms with van der Waals surface area (Å²) in [6.07, 6.45) is 0. The van der Waals surface area contributed by atoms with Gasteiger partial charge < -0.3 is 9.13 Å². The van der Waals surface area contributed by atoms with Crippen LogP contribution in [-0.2, 0) is 0 Å². The number of fused-ring (bicyclic) bond motifs is 14. The average Bonchev–Trinajstić information content (AvgIpc) is 3.94. The molecule has 0 N–H and O–H groups in total. The summed E-state index contributed by atoms with van der Waals surface area (Å²) in [4.78, 5) is 0. The predicted octanol–water partition coefficient (Wildman–Crippen LogP) is 13.4. The van der Waals surface area contributed by atoms with Gasteiger partial charge in [0.1, 0.15) is 0 Å². The van der Waals surface area contributed by atoms with Crippen molar-refractivity contribution in [2.75, 3.05) is 0 Å². The summed E-state index contributed by atoms with van der Waals surface area (Å²) in [5.74, 6) is 0.229. The third-order valence-electron chi connectivity index (χ3n) is 11.4. The summed E-state index contributed by atoms with van der Waals surface area (Å²) in [5.41, 5.74) is 14.2. The Morgan fingerprint density at radius 3 is 1.73 bits per heavy atom. The van der Waals surface area contributed by atoms with Crippen molar-refractivity contribution in [1.82, 2.24) is 9.13 Å². The van der Waals surface area contributed by atoms with E-state index in [1.54, 1.807) is 0 Å². The summed E-state index contributed by atoms with van der Waals surface area (Å²) in [6, 6.07) is 65.1. The van der Waals surface area contributed by atoms with E-state index >= 15 is 0 Å². The Bertz CT molecular complexity index is 3190. The number of aromatic nitrogens is 2. The molecule has 0 amide bonds. The number of rotatable bonds is 3. The molecular formula is C49H30N2S. The van der Waals surface area contributed by atoms with Crippen molar-refractivity contribution in [1.29, 1.82) is 0 Å². The first kappa shape index (κ1) is 28.3. The monoisotopic (exact) mass is 678 g/mol. The maximum Gasteiger partial charge on any atom is 0.0634 e. The van der Waals surface area contributed by atoms with E-state index in [4.69, 9.17) is 0 Å². The molecule has 11 aromatic rings. The maximum atomic E-state index is 2.51. The molecule has 0 fully saturated rings. The van der Waals surface area contributed by atoms with Gasteiger partial charge in [-0.05, 0) is 76.3 Å². The van der Waals surface area contributed by atoms with Gasteiger partial charge in [0.2, 0.25) is 0 Å². The van der Waals surface area contributed by atoms with Gasteiger partial charge in [0.25, 0.3) is 0 Å². The van der Waals surface area contributed by atoms with Crippen LogP contribution in [-0.4, -0.2) is 9.13 Å². The van der Waals surface area contributed by atoms with Crippen LogP contribution in [0.25, 0.3) is 86.3 Å². The van der Waals surface area contributed by atoms with E-state index in [-0.39, 0.29) is 5.92 Å². The molecule has 3 heteroatoms. The highest BCUT2D eigenvalue weighted by Gasteiger charge is 2.29. The second-order valence-electron chi connectivity index (χ2n) is 14.0. The second kappa shape index (κ2) is 10.6. The molecule has 1 aliphatic rings. The van der Waals surface area contributed by atoms with Crippen molar-refractivity contribution in [3.63, 3.8) is 0 Å². The van der Waals surface area contributed by atoms with Gasteiger partial charge in [-0.2, -0.15) is 0 Å². The molecule has 2 nitrogen and oxygen atoms in total. The van der Waals surface area contributed by atoms with Crippen molar-refractivity contribution >= 4 is 75.1 Å². The number of para-hydroxylation sites is 3. The molecule has 0 bridgehead atoms. The summed E-state index contributed by atoms with van der Waals surface area (Å²) in [6.45, 7) is 0. The fraction of sp³-hybridized carbons (Fsp3) is 0.0204. The Labute approximate surface area is 304 Å². The van der Waals surface area contributed by atoms with Crippen LogP contribution in [0.2, 0.25) is 0 Å². The minimum absolute atomic E-state index is 0.229. The Morgan fingerprint density at radius 2 is 0.981 bits per heavy atom. The molecule has 0 atom stereocenters. The van der Waals surface area contributed by atoms with E-state index in [2.05, 4.69) is 185 Å². The van der Waals surface area contributed by atoms with Gasteiger partial charge in [-0.15, -0.1) is 11.3 Å². The largest absolute Gasteiger partial charge is 0.309 e. The first-order chi connectivity index (χ1) is 25.8. The summed E-state index contributed by atoms with van der Waals surface area (Å²) in [5, 5.41) is 7.83. The van der Waals surface area contributed by atoms with Crippen molar-refractivity contribution in [3.8, 4) is 22.5 Å². The molecule has 52 heavy (non-hydrogen) atoms. The first-order valence-electron chi connectivity index (χ1n) is 18.0.